The Labute approximate surface area is 128 Å². The molecule has 1 N–H and O–H groups in total. The highest BCUT2D eigenvalue weighted by molar-refractivity contribution is 6.30. The number of halogens is 1. The summed E-state index contributed by atoms with van der Waals surface area (Å²) in [4.78, 5) is 6.43. The van der Waals surface area contributed by atoms with Gasteiger partial charge in [-0.2, -0.15) is 4.98 Å². The van der Waals surface area contributed by atoms with Gasteiger partial charge in [0.25, 0.3) is 0 Å². The molecule has 5 nitrogen and oxygen atoms in total. The lowest BCUT2D eigenvalue weighted by Crippen LogP contribution is -2.29. The molecule has 1 aromatic carbocycles. The van der Waals surface area contributed by atoms with E-state index in [0.29, 0.717) is 29.7 Å². The van der Waals surface area contributed by atoms with Gasteiger partial charge in [-0.05, 0) is 12.1 Å². The molecular weight excluding hydrogens is 290 g/mol. The third-order valence-corrected chi connectivity index (χ3v) is 3.23. The zero-order chi connectivity index (χ0) is 15.1. The second kappa shape index (κ2) is 7.93. The Bertz CT molecular complexity index is 586. The van der Waals surface area contributed by atoms with Crippen LogP contribution in [0.25, 0.3) is 11.4 Å². The minimum absolute atomic E-state index is 0.117. The van der Waals surface area contributed by atoms with Gasteiger partial charge < -0.3 is 9.63 Å². The summed E-state index contributed by atoms with van der Waals surface area (Å²) in [5, 5.41) is 13.6. The van der Waals surface area contributed by atoms with E-state index in [-0.39, 0.29) is 6.61 Å². The van der Waals surface area contributed by atoms with Crippen molar-refractivity contribution >= 4 is 11.6 Å². The van der Waals surface area contributed by atoms with Gasteiger partial charge in [0.2, 0.25) is 11.7 Å². The molecule has 0 saturated carbocycles. The average molecular weight is 308 g/mol. The third-order valence-electron chi connectivity index (χ3n) is 3.00. The molecule has 0 atom stereocenters. The summed E-state index contributed by atoms with van der Waals surface area (Å²) >= 11 is 5.95. The van der Waals surface area contributed by atoms with E-state index in [4.69, 9.17) is 21.2 Å². The second-order valence-corrected chi connectivity index (χ2v) is 5.02. The summed E-state index contributed by atoms with van der Waals surface area (Å²) in [5.74, 6) is 1.10. The highest BCUT2D eigenvalue weighted by Crippen LogP contribution is 2.20. The number of hydrogen-bond acceptors (Lipinski definition) is 5. The SMILES string of the molecule is C=CCN(CCO)CCc1nc(-c2cccc(Cl)c2)no1. The Balaban J connectivity index is 1.98. The molecule has 2 rings (SSSR count). The lowest BCUT2D eigenvalue weighted by molar-refractivity contribution is 0.205. The summed E-state index contributed by atoms with van der Waals surface area (Å²) in [6.45, 7) is 5.86. The molecule has 0 aliphatic rings. The quantitative estimate of drug-likeness (QED) is 0.759. The summed E-state index contributed by atoms with van der Waals surface area (Å²) in [6, 6.07) is 7.33. The van der Waals surface area contributed by atoms with Crippen LogP contribution in [0.1, 0.15) is 5.89 Å². The number of hydrogen-bond donors (Lipinski definition) is 1. The topological polar surface area (TPSA) is 62.4 Å². The maximum atomic E-state index is 9.00. The number of nitrogens with zero attached hydrogens (tertiary/aromatic N) is 3. The van der Waals surface area contributed by atoms with Gasteiger partial charge in [0.1, 0.15) is 0 Å². The lowest BCUT2D eigenvalue weighted by Gasteiger charge is -2.17. The molecule has 0 bridgehead atoms. The van der Waals surface area contributed by atoms with Gasteiger partial charge in [-0.15, -0.1) is 6.58 Å². The molecule has 0 amide bonds. The van der Waals surface area contributed by atoms with Crippen molar-refractivity contribution in [3.8, 4) is 11.4 Å². The van der Waals surface area contributed by atoms with Crippen LogP contribution in [0.4, 0.5) is 0 Å². The van der Waals surface area contributed by atoms with Gasteiger partial charge in [-0.3, -0.25) is 4.90 Å². The molecule has 0 radical (unpaired) electrons. The number of rotatable bonds is 8. The van der Waals surface area contributed by atoms with Gasteiger partial charge in [-0.1, -0.05) is 35.0 Å². The van der Waals surface area contributed by atoms with Crippen molar-refractivity contribution in [3.05, 3.63) is 47.8 Å². The third kappa shape index (κ3) is 4.67. The first kappa shape index (κ1) is 15.7. The van der Waals surface area contributed by atoms with Crippen molar-refractivity contribution in [2.75, 3.05) is 26.2 Å². The minimum Gasteiger partial charge on any atom is -0.395 e. The van der Waals surface area contributed by atoms with Gasteiger partial charge in [0.15, 0.2) is 0 Å². The molecule has 6 heteroatoms. The first-order chi connectivity index (χ1) is 10.2. The summed E-state index contributed by atoms with van der Waals surface area (Å²) < 4.78 is 5.25. The van der Waals surface area contributed by atoms with Crippen LogP contribution in [0.15, 0.2) is 41.4 Å². The standard InChI is InChI=1S/C15H18ClN3O2/c1-2-7-19(9-10-20)8-6-14-17-15(18-21-14)12-4-3-5-13(16)11-12/h2-5,11,20H,1,6-10H2. The minimum atomic E-state index is 0.117. The van der Waals surface area contributed by atoms with Crippen molar-refractivity contribution in [2.45, 2.75) is 6.42 Å². The van der Waals surface area contributed by atoms with Crippen molar-refractivity contribution in [3.63, 3.8) is 0 Å². The molecule has 112 valence electrons. The van der Waals surface area contributed by atoms with Crippen LogP contribution in [0.2, 0.25) is 5.02 Å². The molecule has 1 heterocycles. The zero-order valence-electron chi connectivity index (χ0n) is 11.7. The number of aliphatic hydroxyl groups excluding tert-OH is 1. The Hall–Kier alpha value is -1.69. The Morgan fingerprint density at radius 3 is 2.95 bits per heavy atom. The molecular formula is C15H18ClN3O2. The Morgan fingerprint density at radius 1 is 1.38 bits per heavy atom. The molecule has 0 unspecified atom stereocenters. The molecule has 0 spiro atoms. The zero-order valence-corrected chi connectivity index (χ0v) is 12.5. The fraction of sp³-hybridized carbons (Fsp3) is 0.333. The van der Waals surface area contributed by atoms with E-state index in [1.54, 1.807) is 18.2 Å². The number of aliphatic hydroxyl groups is 1. The summed E-state index contributed by atoms with van der Waals surface area (Å²) in [7, 11) is 0. The predicted octanol–water partition coefficient (Wildman–Crippen LogP) is 2.41. The van der Waals surface area contributed by atoms with Crippen LogP contribution >= 0.6 is 11.6 Å². The molecule has 21 heavy (non-hydrogen) atoms. The first-order valence-corrected chi connectivity index (χ1v) is 7.13. The van der Waals surface area contributed by atoms with Crippen LogP contribution in [0.3, 0.4) is 0 Å². The smallest absolute Gasteiger partial charge is 0.228 e. The average Bonchev–Trinajstić information content (AvgIpc) is 2.94. The largest absolute Gasteiger partial charge is 0.395 e. The summed E-state index contributed by atoms with van der Waals surface area (Å²) in [6.07, 6.45) is 2.43. The van der Waals surface area contributed by atoms with Crippen LogP contribution in [-0.4, -0.2) is 46.4 Å². The van der Waals surface area contributed by atoms with E-state index in [1.807, 2.05) is 12.1 Å². The van der Waals surface area contributed by atoms with E-state index in [0.717, 1.165) is 18.7 Å². The van der Waals surface area contributed by atoms with Gasteiger partial charge in [0.05, 0.1) is 6.61 Å². The Morgan fingerprint density at radius 2 is 2.24 bits per heavy atom. The molecule has 1 aromatic heterocycles. The van der Waals surface area contributed by atoms with E-state index >= 15 is 0 Å². The van der Waals surface area contributed by atoms with Crippen molar-refractivity contribution in [2.24, 2.45) is 0 Å². The second-order valence-electron chi connectivity index (χ2n) is 4.58. The van der Waals surface area contributed by atoms with Crippen LogP contribution < -0.4 is 0 Å². The fourth-order valence-electron chi connectivity index (χ4n) is 1.97. The van der Waals surface area contributed by atoms with Gasteiger partial charge >= 0.3 is 0 Å². The van der Waals surface area contributed by atoms with Crippen LogP contribution in [0, 0.1) is 0 Å². The number of benzene rings is 1. The molecule has 0 aliphatic carbocycles. The van der Waals surface area contributed by atoms with Crippen molar-refractivity contribution in [1.82, 2.24) is 15.0 Å². The van der Waals surface area contributed by atoms with E-state index in [1.165, 1.54) is 0 Å². The van der Waals surface area contributed by atoms with E-state index in [2.05, 4.69) is 21.6 Å². The summed E-state index contributed by atoms with van der Waals surface area (Å²) in [5.41, 5.74) is 0.829. The number of aromatic nitrogens is 2. The van der Waals surface area contributed by atoms with Gasteiger partial charge in [0, 0.05) is 36.6 Å². The maximum absolute atomic E-state index is 9.00. The van der Waals surface area contributed by atoms with Crippen molar-refractivity contribution < 1.29 is 9.63 Å². The normalized spacial score (nSPS) is 11.0. The highest BCUT2D eigenvalue weighted by Gasteiger charge is 2.10. The maximum Gasteiger partial charge on any atom is 0.228 e. The molecule has 0 fully saturated rings. The van der Waals surface area contributed by atoms with E-state index < -0.39 is 0 Å². The predicted molar refractivity (Wildman–Crippen MR) is 82.2 cm³/mol. The Kier molecular flexibility index (Phi) is 5.92. The van der Waals surface area contributed by atoms with Crippen LogP contribution in [0.5, 0.6) is 0 Å². The molecule has 0 aliphatic heterocycles. The molecule has 2 aromatic rings. The highest BCUT2D eigenvalue weighted by atomic mass is 35.5. The fourth-order valence-corrected chi connectivity index (χ4v) is 2.16. The van der Waals surface area contributed by atoms with Gasteiger partial charge in [-0.25, -0.2) is 0 Å². The van der Waals surface area contributed by atoms with Crippen LogP contribution in [-0.2, 0) is 6.42 Å². The van der Waals surface area contributed by atoms with E-state index in [9.17, 15) is 0 Å². The van der Waals surface area contributed by atoms with Crippen molar-refractivity contribution in [1.29, 1.82) is 0 Å². The lowest BCUT2D eigenvalue weighted by atomic mass is 10.2. The monoisotopic (exact) mass is 307 g/mol. The first-order valence-electron chi connectivity index (χ1n) is 6.75. The molecule has 0 saturated heterocycles.